The van der Waals surface area contributed by atoms with Crippen molar-refractivity contribution in [1.82, 2.24) is 0 Å². The number of phenolic OH excluding ortho intramolecular Hbond substituents is 2. The second kappa shape index (κ2) is 9.99. The number of rotatable bonds is 9. The molecule has 1 aromatic rings. The van der Waals surface area contributed by atoms with Gasteiger partial charge in [0.05, 0.1) is 0 Å². The zero-order valence-corrected chi connectivity index (χ0v) is 17.9. The summed E-state index contributed by atoms with van der Waals surface area (Å²) in [6.07, 6.45) is 10.6. The second-order valence-electron chi connectivity index (χ2n) is 8.73. The van der Waals surface area contributed by atoms with Crippen LogP contribution in [0.4, 0.5) is 0 Å². The zero-order chi connectivity index (χ0) is 20.7. The Bertz CT molecular complexity index is 680. The predicted molar refractivity (Wildman–Crippen MR) is 113 cm³/mol. The zero-order valence-electron chi connectivity index (χ0n) is 17.9. The van der Waals surface area contributed by atoms with Crippen LogP contribution in [0.25, 0.3) is 0 Å². The fourth-order valence-electron chi connectivity index (χ4n) is 4.07. The van der Waals surface area contributed by atoms with Gasteiger partial charge in [-0.25, -0.2) is 0 Å². The van der Waals surface area contributed by atoms with E-state index in [9.17, 15) is 15.0 Å². The maximum absolute atomic E-state index is 11.1. The van der Waals surface area contributed by atoms with Gasteiger partial charge in [0.1, 0.15) is 18.1 Å². The van der Waals surface area contributed by atoms with Gasteiger partial charge in [-0.3, -0.25) is 4.79 Å². The number of carbonyl (C=O) groups is 1. The highest BCUT2D eigenvalue weighted by molar-refractivity contribution is 5.66. The first-order valence-electron chi connectivity index (χ1n) is 10.6. The summed E-state index contributed by atoms with van der Waals surface area (Å²) in [4.78, 5) is 11.1. The highest BCUT2D eigenvalue weighted by Crippen LogP contribution is 2.44. The molecule has 156 valence electrons. The largest absolute Gasteiger partial charge is 0.507 e. The van der Waals surface area contributed by atoms with Crippen molar-refractivity contribution < 1.29 is 19.7 Å². The van der Waals surface area contributed by atoms with E-state index in [-0.39, 0.29) is 35.4 Å². The molecule has 0 amide bonds. The van der Waals surface area contributed by atoms with Gasteiger partial charge in [0.25, 0.3) is 0 Å². The predicted octanol–water partition coefficient (Wildman–Crippen LogP) is 6.10. The van der Waals surface area contributed by atoms with Crippen LogP contribution in [0.3, 0.4) is 0 Å². The summed E-state index contributed by atoms with van der Waals surface area (Å²) in [6, 6.07) is 3.64. The molecule has 28 heavy (non-hydrogen) atoms. The molecule has 4 nitrogen and oxygen atoms in total. The van der Waals surface area contributed by atoms with E-state index in [4.69, 9.17) is 4.74 Å². The Balaban J connectivity index is 2.19. The number of benzene rings is 1. The maximum atomic E-state index is 11.1. The smallest absolute Gasteiger partial charge is 0.302 e. The van der Waals surface area contributed by atoms with Gasteiger partial charge in [0.15, 0.2) is 0 Å². The second-order valence-corrected chi connectivity index (χ2v) is 8.73. The van der Waals surface area contributed by atoms with E-state index in [1.165, 1.54) is 26.2 Å². The molecule has 0 heterocycles. The van der Waals surface area contributed by atoms with E-state index in [2.05, 4.69) is 20.8 Å². The number of allylic oxidation sites excluding steroid dienone is 1. The SMILES string of the molecule is CCCCCCC(C)(C)c1cc(O)c(C2C=C(COC(C)=O)CCC2)c(O)c1. The summed E-state index contributed by atoms with van der Waals surface area (Å²) in [7, 11) is 0. The van der Waals surface area contributed by atoms with E-state index < -0.39 is 0 Å². The molecule has 1 aliphatic carbocycles. The Labute approximate surface area is 169 Å². The van der Waals surface area contributed by atoms with Crippen molar-refractivity contribution in [2.24, 2.45) is 0 Å². The maximum Gasteiger partial charge on any atom is 0.302 e. The highest BCUT2D eigenvalue weighted by atomic mass is 16.5. The van der Waals surface area contributed by atoms with Crippen LogP contribution in [0.5, 0.6) is 11.5 Å². The lowest BCUT2D eigenvalue weighted by Crippen LogP contribution is -2.17. The lowest BCUT2D eigenvalue weighted by Gasteiger charge is -2.28. The average Bonchev–Trinajstić information content (AvgIpc) is 2.63. The molecular formula is C24H36O4. The molecule has 1 aromatic carbocycles. The fraction of sp³-hybridized carbons (Fsp3) is 0.625. The van der Waals surface area contributed by atoms with Crippen LogP contribution >= 0.6 is 0 Å². The van der Waals surface area contributed by atoms with Crippen LogP contribution in [0.1, 0.15) is 96.1 Å². The number of ether oxygens (including phenoxy) is 1. The summed E-state index contributed by atoms with van der Waals surface area (Å²) in [6.45, 7) is 8.24. The van der Waals surface area contributed by atoms with Crippen LogP contribution in [-0.2, 0) is 14.9 Å². The van der Waals surface area contributed by atoms with Gasteiger partial charge in [-0.1, -0.05) is 52.5 Å². The molecule has 1 unspecified atom stereocenters. The quantitative estimate of drug-likeness (QED) is 0.304. The third-order valence-corrected chi connectivity index (χ3v) is 5.85. The number of carbonyl (C=O) groups excluding carboxylic acids is 1. The Morgan fingerprint density at radius 1 is 1.18 bits per heavy atom. The average molecular weight is 389 g/mol. The van der Waals surface area contributed by atoms with Crippen LogP contribution in [-0.4, -0.2) is 22.8 Å². The number of phenols is 2. The minimum Gasteiger partial charge on any atom is -0.507 e. The van der Waals surface area contributed by atoms with E-state index in [0.717, 1.165) is 43.2 Å². The topological polar surface area (TPSA) is 66.8 Å². The lowest BCUT2D eigenvalue weighted by atomic mass is 9.78. The first kappa shape index (κ1) is 22.3. The molecule has 0 spiro atoms. The number of aromatic hydroxyl groups is 2. The summed E-state index contributed by atoms with van der Waals surface area (Å²) in [5.74, 6) is -0.0292. The monoisotopic (exact) mass is 388 g/mol. The molecule has 2 rings (SSSR count). The molecule has 0 aliphatic heterocycles. The molecule has 1 atom stereocenters. The number of hydrogen-bond acceptors (Lipinski definition) is 4. The molecular weight excluding hydrogens is 352 g/mol. The van der Waals surface area contributed by atoms with Crippen LogP contribution in [0.2, 0.25) is 0 Å². The fourth-order valence-corrected chi connectivity index (χ4v) is 4.07. The van der Waals surface area contributed by atoms with Gasteiger partial charge < -0.3 is 14.9 Å². The highest BCUT2D eigenvalue weighted by Gasteiger charge is 2.26. The molecule has 4 heteroatoms. The van der Waals surface area contributed by atoms with Crippen LogP contribution in [0, 0.1) is 0 Å². The van der Waals surface area contributed by atoms with Crippen molar-refractivity contribution in [3.8, 4) is 11.5 Å². The van der Waals surface area contributed by atoms with Crippen molar-refractivity contribution in [2.45, 2.75) is 90.4 Å². The molecule has 0 aromatic heterocycles. The number of hydrogen-bond donors (Lipinski definition) is 2. The van der Waals surface area contributed by atoms with Gasteiger partial charge in [0, 0.05) is 18.4 Å². The molecule has 0 bridgehead atoms. The van der Waals surface area contributed by atoms with Gasteiger partial charge >= 0.3 is 5.97 Å². The molecule has 0 fully saturated rings. The van der Waals surface area contributed by atoms with Crippen molar-refractivity contribution >= 4 is 5.97 Å². The van der Waals surface area contributed by atoms with Gasteiger partial charge in [-0.15, -0.1) is 0 Å². The van der Waals surface area contributed by atoms with Crippen molar-refractivity contribution in [3.63, 3.8) is 0 Å². The molecule has 2 N–H and O–H groups in total. The minimum atomic E-state index is -0.292. The first-order valence-corrected chi connectivity index (χ1v) is 10.6. The summed E-state index contributed by atoms with van der Waals surface area (Å²) in [5.41, 5.74) is 2.52. The minimum absolute atomic E-state index is 0.0546. The molecule has 1 aliphatic rings. The normalized spacial score (nSPS) is 17.3. The van der Waals surface area contributed by atoms with E-state index in [1.54, 1.807) is 0 Å². The summed E-state index contributed by atoms with van der Waals surface area (Å²) >= 11 is 0. The lowest BCUT2D eigenvalue weighted by molar-refractivity contribution is -0.140. The summed E-state index contributed by atoms with van der Waals surface area (Å²) < 4.78 is 5.11. The molecule has 0 saturated heterocycles. The van der Waals surface area contributed by atoms with Gasteiger partial charge in [-0.05, 0) is 54.4 Å². The number of esters is 1. The van der Waals surface area contributed by atoms with E-state index in [0.29, 0.717) is 5.56 Å². The standard InChI is InChI=1S/C24H36O4/c1-5-6-7-8-12-24(3,4)20-14-21(26)23(22(27)15-20)19-11-9-10-18(13-19)16-28-17(2)25/h13-15,19,26-27H,5-12,16H2,1-4H3. The van der Waals surface area contributed by atoms with Gasteiger partial charge in [-0.2, -0.15) is 0 Å². The van der Waals surface area contributed by atoms with Crippen molar-refractivity contribution in [2.75, 3.05) is 6.61 Å². The third-order valence-electron chi connectivity index (χ3n) is 5.85. The Morgan fingerprint density at radius 3 is 2.46 bits per heavy atom. The van der Waals surface area contributed by atoms with Crippen LogP contribution in [0.15, 0.2) is 23.8 Å². The number of unbranched alkanes of at least 4 members (excludes halogenated alkanes) is 3. The van der Waals surface area contributed by atoms with E-state index >= 15 is 0 Å². The third kappa shape index (κ3) is 6.02. The van der Waals surface area contributed by atoms with E-state index in [1.807, 2.05) is 18.2 Å². The first-order chi connectivity index (χ1) is 13.2. The van der Waals surface area contributed by atoms with Gasteiger partial charge in [0.2, 0.25) is 0 Å². The Morgan fingerprint density at radius 2 is 1.86 bits per heavy atom. The van der Waals surface area contributed by atoms with Crippen molar-refractivity contribution in [1.29, 1.82) is 0 Å². The summed E-state index contributed by atoms with van der Waals surface area (Å²) in [5, 5.41) is 21.5. The Kier molecular flexibility index (Phi) is 7.97. The van der Waals surface area contributed by atoms with Crippen molar-refractivity contribution in [3.05, 3.63) is 34.9 Å². The molecule has 0 saturated carbocycles. The molecule has 0 radical (unpaired) electrons. The Hall–Kier alpha value is -1.97. The van der Waals surface area contributed by atoms with Crippen LogP contribution < -0.4 is 0 Å².